The largest absolute Gasteiger partial charge is 0.454 e. The average molecular weight is 579 g/mol. The summed E-state index contributed by atoms with van der Waals surface area (Å²) in [6, 6.07) is 25.9. The first-order valence-corrected chi connectivity index (χ1v) is 14.0. The summed E-state index contributed by atoms with van der Waals surface area (Å²) >= 11 is 1.11. The van der Waals surface area contributed by atoms with Gasteiger partial charge in [0.05, 0.1) is 17.3 Å². The third-order valence-electron chi connectivity index (χ3n) is 7.18. The highest BCUT2D eigenvalue weighted by molar-refractivity contribution is 7.00. The van der Waals surface area contributed by atoms with Gasteiger partial charge in [-0.1, -0.05) is 65.7 Å². The second kappa shape index (κ2) is 11.2. The van der Waals surface area contributed by atoms with Gasteiger partial charge in [-0.05, 0) is 55.3 Å². The molecule has 1 aromatic heterocycles. The fourth-order valence-electron chi connectivity index (χ4n) is 4.87. The van der Waals surface area contributed by atoms with Gasteiger partial charge in [-0.3, -0.25) is 4.79 Å². The molecule has 1 unspecified atom stereocenters. The van der Waals surface area contributed by atoms with Crippen LogP contribution in [0.1, 0.15) is 38.2 Å². The molecule has 0 bridgehead atoms. The molecule has 210 valence electrons. The maximum absolute atomic E-state index is 13.2. The van der Waals surface area contributed by atoms with Gasteiger partial charge in [0, 0.05) is 23.1 Å². The molecule has 0 saturated carbocycles. The summed E-state index contributed by atoms with van der Waals surface area (Å²) in [5.74, 6) is -1.47. The van der Waals surface area contributed by atoms with Crippen molar-refractivity contribution in [1.29, 1.82) is 0 Å². The van der Waals surface area contributed by atoms with E-state index in [4.69, 9.17) is 14.2 Å². The van der Waals surface area contributed by atoms with E-state index in [1.165, 1.54) is 5.56 Å². The van der Waals surface area contributed by atoms with Crippen molar-refractivity contribution >= 4 is 40.6 Å². The fraction of sp³-hybridized carbons (Fsp3) is 0.152. The highest BCUT2D eigenvalue weighted by atomic mass is 32.1. The molecular weight excluding hydrogens is 552 g/mol. The molecule has 4 aromatic carbocycles. The summed E-state index contributed by atoms with van der Waals surface area (Å²) in [5.41, 5.74) is 7.23. The molecule has 0 aliphatic carbocycles. The predicted molar refractivity (Wildman–Crippen MR) is 158 cm³/mol. The van der Waals surface area contributed by atoms with Crippen molar-refractivity contribution in [2.75, 3.05) is 6.79 Å². The van der Waals surface area contributed by atoms with Gasteiger partial charge in [-0.2, -0.15) is 8.75 Å². The number of hydrogen-bond acceptors (Lipinski definition) is 9. The normalized spacial score (nSPS) is 17.2. The van der Waals surface area contributed by atoms with Crippen molar-refractivity contribution in [3.05, 3.63) is 124 Å². The lowest BCUT2D eigenvalue weighted by molar-refractivity contribution is -0.185. The molecule has 0 amide bonds. The molecule has 3 heterocycles. The summed E-state index contributed by atoms with van der Waals surface area (Å²) in [6.45, 7) is 4.11. The number of esters is 1. The number of aldehydes is 1. The van der Waals surface area contributed by atoms with E-state index >= 15 is 0 Å². The lowest BCUT2D eigenvalue weighted by Gasteiger charge is -2.26. The summed E-state index contributed by atoms with van der Waals surface area (Å²) in [5, 5.41) is 11.8. The van der Waals surface area contributed by atoms with Crippen molar-refractivity contribution in [3.63, 3.8) is 0 Å². The number of rotatable bonds is 5. The number of benzene rings is 4. The molecule has 9 heteroatoms. The minimum absolute atomic E-state index is 0.107. The smallest absolute Gasteiger partial charge is 0.342 e. The quantitative estimate of drug-likeness (QED) is 0.202. The second-order valence-electron chi connectivity index (χ2n) is 10.1. The van der Waals surface area contributed by atoms with Crippen LogP contribution in [-0.4, -0.2) is 32.9 Å². The van der Waals surface area contributed by atoms with E-state index in [-0.39, 0.29) is 6.79 Å². The van der Waals surface area contributed by atoms with Crippen LogP contribution < -0.4 is 9.47 Å². The van der Waals surface area contributed by atoms with Crippen molar-refractivity contribution in [2.24, 2.45) is 0 Å². The van der Waals surface area contributed by atoms with E-state index in [9.17, 15) is 14.7 Å². The minimum atomic E-state index is -1.95. The summed E-state index contributed by atoms with van der Waals surface area (Å²) in [7, 11) is 0. The first-order chi connectivity index (χ1) is 20.3. The molecular formula is C33H26N2O6S. The highest BCUT2D eigenvalue weighted by Crippen LogP contribution is 2.47. The molecule has 5 aromatic rings. The predicted octanol–water partition coefficient (Wildman–Crippen LogP) is 5.93. The molecule has 0 saturated heterocycles. The van der Waals surface area contributed by atoms with E-state index in [1.54, 1.807) is 30.3 Å². The molecule has 2 aliphatic rings. The zero-order valence-corrected chi connectivity index (χ0v) is 23.7. The van der Waals surface area contributed by atoms with E-state index in [2.05, 4.69) is 8.75 Å². The molecule has 0 spiro atoms. The van der Waals surface area contributed by atoms with Crippen LogP contribution in [0.5, 0.6) is 11.5 Å². The average Bonchev–Trinajstić information content (AvgIpc) is 3.72. The molecule has 2 aliphatic heterocycles. The molecule has 1 atom stereocenters. The third-order valence-corrected chi connectivity index (χ3v) is 7.73. The van der Waals surface area contributed by atoms with Crippen LogP contribution in [0.25, 0.3) is 16.6 Å². The van der Waals surface area contributed by atoms with Crippen LogP contribution in [0.4, 0.5) is 0 Å². The van der Waals surface area contributed by atoms with Crippen molar-refractivity contribution in [2.45, 2.75) is 26.1 Å². The van der Waals surface area contributed by atoms with Crippen LogP contribution in [0, 0.1) is 13.8 Å². The van der Waals surface area contributed by atoms with Crippen LogP contribution in [-0.2, 0) is 21.7 Å². The number of carbonyl (C=O) groups excluding carboxylic acids is 2. The Morgan fingerprint density at radius 1 is 0.857 bits per heavy atom. The van der Waals surface area contributed by atoms with Gasteiger partial charge in [0.15, 0.2) is 11.5 Å². The number of cyclic esters (lactones) is 1. The van der Waals surface area contributed by atoms with Crippen LogP contribution in [0.2, 0.25) is 0 Å². The fourth-order valence-corrected chi connectivity index (χ4v) is 5.39. The maximum atomic E-state index is 13.2. The SMILES string of the molecule is Cc1ccc(C=O)cc1.Cc1ccc(CC2=C(c3ccc4nsnc4c3)C(=O)OC2(O)c2ccc3c(c2)OCO3)cc1. The van der Waals surface area contributed by atoms with Crippen LogP contribution in [0.3, 0.4) is 0 Å². The minimum Gasteiger partial charge on any atom is -0.454 e. The Morgan fingerprint density at radius 2 is 1.55 bits per heavy atom. The number of fused-ring (bicyclic) bond motifs is 2. The highest BCUT2D eigenvalue weighted by Gasteiger charge is 2.48. The van der Waals surface area contributed by atoms with E-state index in [0.717, 1.165) is 40.2 Å². The van der Waals surface area contributed by atoms with Crippen LogP contribution >= 0.6 is 11.7 Å². The van der Waals surface area contributed by atoms with Gasteiger partial charge in [0.2, 0.25) is 6.79 Å². The second-order valence-corrected chi connectivity index (χ2v) is 10.6. The monoisotopic (exact) mass is 578 g/mol. The first-order valence-electron chi connectivity index (χ1n) is 13.2. The molecule has 8 nitrogen and oxygen atoms in total. The maximum Gasteiger partial charge on any atom is 0.342 e. The Labute approximate surface area is 246 Å². The number of ether oxygens (including phenoxy) is 3. The van der Waals surface area contributed by atoms with Gasteiger partial charge in [-0.25, -0.2) is 4.79 Å². The summed E-state index contributed by atoms with van der Waals surface area (Å²) < 4.78 is 25.1. The standard InChI is InChI=1S/C25H18N2O5S.C8H8O/c1-14-2-4-15(5-3-14)10-18-23(16-6-8-19-20(11-16)27-33-26-19)24(28)32-25(18,29)17-7-9-21-22(12-17)31-13-30-21;1-7-2-4-8(6-9)5-3-7/h2-9,11-12,29H,10,13H2,1H3;2-6H,1H3. The van der Waals surface area contributed by atoms with Gasteiger partial charge in [-0.15, -0.1) is 0 Å². The summed E-state index contributed by atoms with van der Waals surface area (Å²) in [6.07, 6.45) is 1.17. The molecule has 42 heavy (non-hydrogen) atoms. The summed E-state index contributed by atoms with van der Waals surface area (Å²) in [4.78, 5) is 23.3. The number of nitrogens with zero attached hydrogens (tertiary/aromatic N) is 2. The number of aliphatic hydroxyl groups is 1. The van der Waals surface area contributed by atoms with Gasteiger partial charge >= 0.3 is 5.97 Å². The molecule has 7 rings (SSSR count). The Kier molecular flexibility index (Phi) is 7.28. The first kappa shape index (κ1) is 27.3. The van der Waals surface area contributed by atoms with E-state index in [0.29, 0.717) is 45.7 Å². The zero-order valence-electron chi connectivity index (χ0n) is 22.9. The van der Waals surface area contributed by atoms with Crippen molar-refractivity contribution in [3.8, 4) is 11.5 Å². The number of aromatic nitrogens is 2. The number of hydrogen-bond donors (Lipinski definition) is 1. The Hall–Kier alpha value is -4.86. The van der Waals surface area contributed by atoms with Gasteiger partial charge in [0.1, 0.15) is 17.3 Å². The number of carbonyl (C=O) groups is 2. The van der Waals surface area contributed by atoms with Gasteiger partial charge in [0.25, 0.3) is 5.79 Å². The van der Waals surface area contributed by atoms with Crippen molar-refractivity contribution in [1.82, 2.24) is 8.75 Å². The number of aryl methyl sites for hydroxylation is 2. The molecule has 0 fully saturated rings. The third kappa shape index (κ3) is 5.27. The lowest BCUT2D eigenvalue weighted by Crippen LogP contribution is -2.29. The van der Waals surface area contributed by atoms with Gasteiger partial charge < -0.3 is 19.3 Å². The Morgan fingerprint density at radius 3 is 2.29 bits per heavy atom. The van der Waals surface area contributed by atoms with E-state index < -0.39 is 11.8 Å². The topological polar surface area (TPSA) is 108 Å². The van der Waals surface area contributed by atoms with Crippen molar-refractivity contribution < 1.29 is 28.9 Å². The molecule has 1 N–H and O–H groups in total. The Balaban J connectivity index is 0.000000302. The Bertz CT molecular complexity index is 1830. The molecule has 0 radical (unpaired) electrons. The van der Waals surface area contributed by atoms with E-state index in [1.807, 2.05) is 68.4 Å². The zero-order chi connectivity index (χ0) is 29.3. The van der Waals surface area contributed by atoms with Crippen LogP contribution in [0.15, 0.2) is 90.5 Å². The lowest BCUT2D eigenvalue weighted by atomic mass is 9.87.